The molecule has 23 heavy (non-hydrogen) atoms. The number of nitrogens with zero attached hydrogens (tertiary/aromatic N) is 1. The Morgan fingerprint density at radius 1 is 1.04 bits per heavy atom. The van der Waals surface area contributed by atoms with E-state index >= 15 is 0 Å². The molecule has 2 aromatic carbocycles. The van der Waals surface area contributed by atoms with Crippen LogP contribution in [0.5, 0.6) is 0 Å². The number of benzene rings is 2. The zero-order valence-electron chi connectivity index (χ0n) is 12.6. The maximum Gasteiger partial charge on any atom is 0.220 e. The van der Waals surface area contributed by atoms with E-state index in [1.54, 1.807) is 12.3 Å². The fourth-order valence-corrected chi connectivity index (χ4v) is 2.45. The van der Waals surface area contributed by atoms with E-state index in [2.05, 4.69) is 10.3 Å². The molecule has 0 aliphatic rings. The van der Waals surface area contributed by atoms with Crippen LogP contribution in [0.4, 0.5) is 4.39 Å². The lowest BCUT2D eigenvalue weighted by Crippen LogP contribution is -2.23. The average Bonchev–Trinajstić information content (AvgIpc) is 2.58. The minimum Gasteiger partial charge on any atom is -0.352 e. The maximum atomic E-state index is 13.1. The first kappa shape index (κ1) is 15.2. The van der Waals surface area contributed by atoms with Gasteiger partial charge in [0.1, 0.15) is 5.82 Å². The maximum absolute atomic E-state index is 13.1. The monoisotopic (exact) mass is 308 g/mol. The molecule has 0 saturated heterocycles. The Balaban J connectivity index is 1.53. The summed E-state index contributed by atoms with van der Waals surface area (Å²) in [5, 5.41) is 3.93. The number of pyridine rings is 1. The molecule has 0 aliphatic heterocycles. The second-order valence-corrected chi connectivity index (χ2v) is 5.44. The second kappa shape index (κ2) is 7.01. The first-order valence-electron chi connectivity index (χ1n) is 7.55. The Labute approximate surface area is 134 Å². The molecule has 1 amide bonds. The molecule has 1 heterocycles. The highest BCUT2D eigenvalue weighted by atomic mass is 19.1. The highest BCUT2D eigenvalue weighted by Crippen LogP contribution is 2.12. The van der Waals surface area contributed by atoms with Crippen LogP contribution in [0.25, 0.3) is 10.9 Å². The van der Waals surface area contributed by atoms with Crippen molar-refractivity contribution in [2.75, 3.05) is 0 Å². The molecule has 0 fully saturated rings. The summed E-state index contributed by atoms with van der Waals surface area (Å²) in [7, 11) is 0. The number of hydrogen-bond donors (Lipinski definition) is 1. The topological polar surface area (TPSA) is 42.0 Å². The van der Waals surface area contributed by atoms with Crippen LogP contribution in [-0.2, 0) is 17.8 Å². The highest BCUT2D eigenvalue weighted by molar-refractivity contribution is 5.79. The van der Waals surface area contributed by atoms with Gasteiger partial charge in [0.2, 0.25) is 5.91 Å². The van der Waals surface area contributed by atoms with E-state index in [0.29, 0.717) is 19.4 Å². The molecule has 0 unspecified atom stereocenters. The lowest BCUT2D eigenvalue weighted by molar-refractivity contribution is -0.121. The number of nitrogens with one attached hydrogen (secondary N) is 1. The Hall–Kier alpha value is -2.75. The van der Waals surface area contributed by atoms with Crippen molar-refractivity contribution in [1.29, 1.82) is 0 Å². The molecule has 0 aliphatic carbocycles. The summed E-state index contributed by atoms with van der Waals surface area (Å²) < 4.78 is 13.1. The number of halogens is 1. The standard InChI is InChI=1S/C19H17FN2O/c20-17-6-3-4-14(11-17)8-9-19(23)22-13-15-10-16-5-1-2-7-18(16)21-12-15/h1-7,10-12H,8-9,13H2,(H,22,23). The Morgan fingerprint density at radius 3 is 2.78 bits per heavy atom. The van der Waals surface area contributed by atoms with Gasteiger partial charge in [0.05, 0.1) is 5.52 Å². The summed E-state index contributed by atoms with van der Waals surface area (Å²) >= 11 is 0. The summed E-state index contributed by atoms with van der Waals surface area (Å²) in [6, 6.07) is 16.2. The SMILES string of the molecule is O=C(CCc1cccc(F)c1)NCc1cnc2ccccc2c1. The Kier molecular flexibility index (Phi) is 4.62. The summed E-state index contributed by atoms with van der Waals surface area (Å²) in [4.78, 5) is 16.3. The van der Waals surface area contributed by atoms with E-state index < -0.39 is 0 Å². The van der Waals surface area contributed by atoms with Crippen LogP contribution in [0.15, 0.2) is 60.8 Å². The molecule has 3 rings (SSSR count). The summed E-state index contributed by atoms with van der Waals surface area (Å²) in [6.45, 7) is 0.444. The van der Waals surface area contributed by atoms with Crippen molar-refractivity contribution in [2.45, 2.75) is 19.4 Å². The number of carbonyl (C=O) groups is 1. The van der Waals surface area contributed by atoms with Crippen LogP contribution in [-0.4, -0.2) is 10.9 Å². The van der Waals surface area contributed by atoms with Gasteiger partial charge in [-0.05, 0) is 41.8 Å². The number of fused-ring (bicyclic) bond motifs is 1. The van der Waals surface area contributed by atoms with Crippen molar-refractivity contribution in [1.82, 2.24) is 10.3 Å². The van der Waals surface area contributed by atoms with E-state index in [1.807, 2.05) is 36.4 Å². The smallest absolute Gasteiger partial charge is 0.220 e. The molecular weight excluding hydrogens is 291 g/mol. The number of para-hydroxylation sites is 1. The van der Waals surface area contributed by atoms with Gasteiger partial charge in [-0.2, -0.15) is 0 Å². The third kappa shape index (κ3) is 4.13. The first-order valence-corrected chi connectivity index (χ1v) is 7.55. The van der Waals surface area contributed by atoms with E-state index in [4.69, 9.17) is 0 Å². The van der Waals surface area contributed by atoms with Gasteiger partial charge < -0.3 is 5.32 Å². The molecule has 4 heteroatoms. The van der Waals surface area contributed by atoms with Crippen LogP contribution in [0.2, 0.25) is 0 Å². The highest BCUT2D eigenvalue weighted by Gasteiger charge is 2.04. The predicted molar refractivity (Wildman–Crippen MR) is 88.3 cm³/mol. The summed E-state index contributed by atoms with van der Waals surface area (Å²) in [5.41, 5.74) is 2.73. The van der Waals surface area contributed by atoms with Gasteiger partial charge in [0.25, 0.3) is 0 Å². The van der Waals surface area contributed by atoms with E-state index in [0.717, 1.165) is 22.0 Å². The number of rotatable bonds is 5. The van der Waals surface area contributed by atoms with Crippen LogP contribution >= 0.6 is 0 Å². The lowest BCUT2D eigenvalue weighted by atomic mass is 10.1. The third-order valence-corrected chi connectivity index (χ3v) is 3.67. The van der Waals surface area contributed by atoms with Crippen molar-refractivity contribution in [2.24, 2.45) is 0 Å². The van der Waals surface area contributed by atoms with Crippen molar-refractivity contribution in [3.05, 3.63) is 77.7 Å². The number of hydrogen-bond acceptors (Lipinski definition) is 2. The van der Waals surface area contributed by atoms with Crippen molar-refractivity contribution in [3.63, 3.8) is 0 Å². The predicted octanol–water partition coefficient (Wildman–Crippen LogP) is 3.62. The van der Waals surface area contributed by atoms with Crippen molar-refractivity contribution >= 4 is 16.8 Å². The van der Waals surface area contributed by atoms with Gasteiger partial charge in [0.15, 0.2) is 0 Å². The normalized spacial score (nSPS) is 10.7. The Bertz CT molecular complexity index is 832. The Morgan fingerprint density at radius 2 is 1.91 bits per heavy atom. The molecule has 3 aromatic rings. The molecule has 0 radical (unpaired) electrons. The van der Waals surface area contributed by atoms with Crippen LogP contribution in [0, 0.1) is 5.82 Å². The molecule has 0 bridgehead atoms. The molecule has 0 spiro atoms. The number of carbonyl (C=O) groups excluding carboxylic acids is 1. The molecule has 0 saturated carbocycles. The largest absolute Gasteiger partial charge is 0.352 e. The zero-order valence-corrected chi connectivity index (χ0v) is 12.6. The molecule has 116 valence electrons. The molecule has 1 N–H and O–H groups in total. The number of aromatic nitrogens is 1. The van der Waals surface area contributed by atoms with Gasteiger partial charge >= 0.3 is 0 Å². The van der Waals surface area contributed by atoms with Crippen molar-refractivity contribution < 1.29 is 9.18 Å². The fourth-order valence-electron chi connectivity index (χ4n) is 2.45. The summed E-state index contributed by atoms with van der Waals surface area (Å²) in [6.07, 6.45) is 2.64. The summed E-state index contributed by atoms with van der Waals surface area (Å²) in [5.74, 6) is -0.326. The van der Waals surface area contributed by atoms with Gasteiger partial charge in [-0.15, -0.1) is 0 Å². The average molecular weight is 308 g/mol. The third-order valence-electron chi connectivity index (χ3n) is 3.67. The molecule has 1 aromatic heterocycles. The van der Waals surface area contributed by atoms with E-state index in [9.17, 15) is 9.18 Å². The second-order valence-electron chi connectivity index (χ2n) is 5.44. The van der Waals surface area contributed by atoms with Gasteiger partial charge in [-0.1, -0.05) is 30.3 Å². The molecule has 0 atom stereocenters. The van der Waals surface area contributed by atoms with Crippen LogP contribution < -0.4 is 5.32 Å². The number of aryl methyl sites for hydroxylation is 1. The van der Waals surface area contributed by atoms with Gasteiger partial charge in [-0.3, -0.25) is 9.78 Å². The number of amides is 1. The van der Waals surface area contributed by atoms with Gasteiger partial charge in [0, 0.05) is 24.5 Å². The molecular formula is C19H17FN2O. The lowest BCUT2D eigenvalue weighted by Gasteiger charge is -2.06. The fraction of sp³-hybridized carbons (Fsp3) is 0.158. The van der Waals surface area contributed by atoms with Crippen LogP contribution in [0.1, 0.15) is 17.5 Å². The minimum atomic E-state index is -0.273. The molecule has 3 nitrogen and oxygen atoms in total. The van der Waals surface area contributed by atoms with Crippen LogP contribution in [0.3, 0.4) is 0 Å². The zero-order chi connectivity index (χ0) is 16.1. The van der Waals surface area contributed by atoms with Crippen molar-refractivity contribution in [3.8, 4) is 0 Å². The quantitative estimate of drug-likeness (QED) is 0.782. The minimum absolute atomic E-state index is 0.0533. The first-order chi connectivity index (χ1) is 11.2. The van der Waals surface area contributed by atoms with E-state index in [-0.39, 0.29) is 11.7 Å². The van der Waals surface area contributed by atoms with E-state index in [1.165, 1.54) is 12.1 Å². The van der Waals surface area contributed by atoms with Gasteiger partial charge in [-0.25, -0.2) is 4.39 Å².